The number of carbonyl (C=O) groups is 1. The van der Waals surface area contributed by atoms with Crippen molar-refractivity contribution in [3.8, 4) is 0 Å². The minimum Gasteiger partial charge on any atom is -0.450 e. The molecule has 0 spiro atoms. The number of carbonyl (C=O) groups excluding carboxylic acids is 1. The van der Waals surface area contributed by atoms with E-state index in [2.05, 4.69) is 46.0 Å². The summed E-state index contributed by atoms with van der Waals surface area (Å²) >= 11 is 0. The van der Waals surface area contributed by atoms with Gasteiger partial charge in [-0.25, -0.2) is 9.78 Å². The predicted molar refractivity (Wildman–Crippen MR) is 105 cm³/mol. The van der Waals surface area contributed by atoms with Gasteiger partial charge in [0.2, 0.25) is 5.95 Å². The Morgan fingerprint density at radius 3 is 2.74 bits per heavy atom. The monoisotopic (exact) mass is 367 g/mol. The first-order chi connectivity index (χ1) is 13.2. The molecule has 1 atom stereocenters. The molecule has 4 rings (SSSR count). The van der Waals surface area contributed by atoms with E-state index in [-0.39, 0.29) is 6.09 Å². The third kappa shape index (κ3) is 3.41. The summed E-state index contributed by atoms with van der Waals surface area (Å²) in [7, 11) is 0. The largest absolute Gasteiger partial charge is 0.450 e. The molecule has 0 saturated carbocycles. The molecule has 3 heterocycles. The zero-order chi connectivity index (χ0) is 18.8. The number of fused-ring (bicyclic) bond motifs is 1. The molecule has 1 unspecified atom stereocenters. The Balaban J connectivity index is 1.50. The third-order valence-corrected chi connectivity index (χ3v) is 5.18. The minimum atomic E-state index is -0.233. The Morgan fingerprint density at radius 2 is 1.96 bits per heavy atom. The lowest BCUT2D eigenvalue weighted by molar-refractivity contribution is 0.105. The number of rotatable bonds is 3. The minimum absolute atomic E-state index is 0.233. The number of anilines is 3. The molecule has 2 aromatic rings. The van der Waals surface area contributed by atoms with Crippen molar-refractivity contribution < 1.29 is 9.53 Å². The Bertz CT molecular complexity index is 820. The molecule has 0 N–H and O–H groups in total. The Labute approximate surface area is 159 Å². The summed E-state index contributed by atoms with van der Waals surface area (Å²) < 4.78 is 5.09. The van der Waals surface area contributed by atoms with Gasteiger partial charge in [0.15, 0.2) is 0 Å². The van der Waals surface area contributed by atoms with Crippen LogP contribution in [-0.4, -0.2) is 59.8 Å². The summed E-state index contributed by atoms with van der Waals surface area (Å²) in [5.74, 6) is 1.64. The molecule has 1 amide bonds. The summed E-state index contributed by atoms with van der Waals surface area (Å²) in [6.45, 7) is 7.19. The number of aromatic nitrogens is 2. The van der Waals surface area contributed by atoms with Gasteiger partial charge in [-0.1, -0.05) is 18.2 Å². The van der Waals surface area contributed by atoms with Gasteiger partial charge in [0.1, 0.15) is 5.82 Å². The summed E-state index contributed by atoms with van der Waals surface area (Å²) in [5, 5.41) is 0. The number of ether oxygens (including phenoxy) is 1. The summed E-state index contributed by atoms with van der Waals surface area (Å²) in [4.78, 5) is 27.4. The number of amides is 1. The zero-order valence-corrected chi connectivity index (χ0v) is 15.8. The van der Waals surface area contributed by atoms with Crippen molar-refractivity contribution in [1.82, 2.24) is 14.9 Å². The maximum atomic E-state index is 11.9. The van der Waals surface area contributed by atoms with Gasteiger partial charge in [0.25, 0.3) is 0 Å². The Kier molecular flexibility index (Phi) is 4.83. The van der Waals surface area contributed by atoms with Crippen LogP contribution < -0.4 is 9.80 Å². The van der Waals surface area contributed by atoms with Crippen molar-refractivity contribution in [2.24, 2.45) is 0 Å². The second kappa shape index (κ2) is 7.42. The lowest BCUT2D eigenvalue weighted by Gasteiger charge is -2.35. The van der Waals surface area contributed by atoms with Crippen LogP contribution in [-0.2, 0) is 11.2 Å². The van der Waals surface area contributed by atoms with E-state index in [1.54, 1.807) is 4.90 Å². The van der Waals surface area contributed by atoms with Gasteiger partial charge < -0.3 is 19.4 Å². The smallest absolute Gasteiger partial charge is 0.409 e. The van der Waals surface area contributed by atoms with E-state index in [4.69, 9.17) is 9.72 Å². The quantitative estimate of drug-likeness (QED) is 0.831. The van der Waals surface area contributed by atoms with Gasteiger partial charge in [-0.2, -0.15) is 4.98 Å². The van der Waals surface area contributed by atoms with Crippen molar-refractivity contribution in [3.05, 3.63) is 42.1 Å². The van der Waals surface area contributed by atoms with Crippen LogP contribution in [0.5, 0.6) is 0 Å². The number of hydrogen-bond acceptors (Lipinski definition) is 6. The number of piperazine rings is 1. The van der Waals surface area contributed by atoms with Crippen molar-refractivity contribution in [1.29, 1.82) is 0 Å². The molecular formula is C20H25N5O2. The zero-order valence-electron chi connectivity index (χ0n) is 15.8. The second-order valence-electron chi connectivity index (χ2n) is 6.94. The van der Waals surface area contributed by atoms with Crippen molar-refractivity contribution in [2.45, 2.75) is 26.3 Å². The van der Waals surface area contributed by atoms with E-state index in [9.17, 15) is 4.79 Å². The Hall–Kier alpha value is -2.83. The molecule has 0 bridgehead atoms. The number of nitrogens with zero attached hydrogens (tertiary/aromatic N) is 5. The lowest BCUT2D eigenvalue weighted by Crippen LogP contribution is -2.49. The molecule has 0 aliphatic carbocycles. The fraction of sp³-hybridized carbons (Fsp3) is 0.450. The molecule has 0 radical (unpaired) electrons. The van der Waals surface area contributed by atoms with E-state index < -0.39 is 0 Å². The average molecular weight is 367 g/mol. The van der Waals surface area contributed by atoms with E-state index >= 15 is 0 Å². The van der Waals surface area contributed by atoms with Gasteiger partial charge in [0, 0.05) is 44.1 Å². The van der Waals surface area contributed by atoms with Crippen LogP contribution in [0.25, 0.3) is 0 Å². The number of hydrogen-bond donors (Lipinski definition) is 0. The molecule has 1 saturated heterocycles. The van der Waals surface area contributed by atoms with Gasteiger partial charge in [-0.3, -0.25) is 0 Å². The predicted octanol–water partition coefficient (Wildman–Crippen LogP) is 2.84. The first kappa shape index (κ1) is 17.6. The van der Waals surface area contributed by atoms with E-state index in [0.29, 0.717) is 25.7 Å². The van der Waals surface area contributed by atoms with E-state index in [1.165, 1.54) is 11.3 Å². The highest BCUT2D eigenvalue weighted by Gasteiger charge is 2.29. The molecule has 1 aromatic carbocycles. The van der Waals surface area contributed by atoms with Crippen LogP contribution in [0.2, 0.25) is 0 Å². The van der Waals surface area contributed by atoms with Gasteiger partial charge >= 0.3 is 6.09 Å². The fourth-order valence-corrected chi connectivity index (χ4v) is 3.83. The lowest BCUT2D eigenvalue weighted by atomic mass is 10.1. The molecule has 1 aromatic heterocycles. The Morgan fingerprint density at radius 1 is 1.19 bits per heavy atom. The first-order valence-corrected chi connectivity index (χ1v) is 9.54. The third-order valence-electron chi connectivity index (χ3n) is 5.18. The average Bonchev–Trinajstić information content (AvgIpc) is 3.04. The highest BCUT2D eigenvalue weighted by Crippen LogP contribution is 2.36. The molecule has 7 heteroatoms. The number of benzene rings is 1. The van der Waals surface area contributed by atoms with Crippen LogP contribution in [0.15, 0.2) is 36.5 Å². The van der Waals surface area contributed by atoms with Crippen LogP contribution in [0.1, 0.15) is 19.4 Å². The summed E-state index contributed by atoms with van der Waals surface area (Å²) in [6.07, 6.45) is 2.59. The van der Waals surface area contributed by atoms with Gasteiger partial charge in [0.05, 0.1) is 6.61 Å². The maximum Gasteiger partial charge on any atom is 0.409 e. The molecular weight excluding hydrogens is 342 g/mol. The fourth-order valence-electron chi connectivity index (χ4n) is 3.83. The maximum absolute atomic E-state index is 11.9. The van der Waals surface area contributed by atoms with Gasteiger partial charge in [-0.05, 0) is 38.0 Å². The first-order valence-electron chi connectivity index (χ1n) is 9.54. The van der Waals surface area contributed by atoms with Crippen molar-refractivity contribution in [2.75, 3.05) is 42.6 Å². The SMILES string of the molecule is CCOC(=O)N1CCN(c2ccnc(N3c4ccccc4CC3C)n2)CC1. The number of para-hydroxylation sites is 1. The second-order valence-corrected chi connectivity index (χ2v) is 6.94. The topological polar surface area (TPSA) is 61.8 Å². The van der Waals surface area contributed by atoms with Gasteiger partial charge in [-0.15, -0.1) is 0 Å². The molecule has 1 fully saturated rings. The highest BCUT2D eigenvalue weighted by molar-refractivity contribution is 5.69. The van der Waals surface area contributed by atoms with Crippen LogP contribution in [0.3, 0.4) is 0 Å². The standard InChI is InChI=1S/C20H25N5O2/c1-3-27-20(26)24-12-10-23(11-13-24)18-8-9-21-19(22-18)25-15(2)14-16-6-4-5-7-17(16)25/h4-9,15H,3,10-14H2,1-2H3. The van der Waals surface area contributed by atoms with E-state index in [1.807, 2.05) is 19.2 Å². The van der Waals surface area contributed by atoms with Crippen molar-refractivity contribution in [3.63, 3.8) is 0 Å². The van der Waals surface area contributed by atoms with Crippen LogP contribution >= 0.6 is 0 Å². The van der Waals surface area contributed by atoms with Crippen molar-refractivity contribution >= 4 is 23.5 Å². The van der Waals surface area contributed by atoms with E-state index in [0.717, 1.165) is 31.3 Å². The molecule has 7 nitrogen and oxygen atoms in total. The summed E-state index contributed by atoms with van der Waals surface area (Å²) in [5.41, 5.74) is 2.52. The van der Waals surface area contributed by atoms with Crippen LogP contribution in [0, 0.1) is 0 Å². The normalized spacial score (nSPS) is 19.2. The molecule has 2 aliphatic rings. The summed E-state index contributed by atoms with van der Waals surface area (Å²) in [6, 6.07) is 10.7. The highest BCUT2D eigenvalue weighted by atomic mass is 16.6. The molecule has 2 aliphatic heterocycles. The molecule has 142 valence electrons. The molecule has 27 heavy (non-hydrogen) atoms. The van der Waals surface area contributed by atoms with Crippen LogP contribution in [0.4, 0.5) is 22.2 Å².